The first-order valence-corrected chi connectivity index (χ1v) is 10.8. The first-order chi connectivity index (χ1) is 14.0. The summed E-state index contributed by atoms with van der Waals surface area (Å²) in [6.07, 6.45) is 13.0. The van der Waals surface area contributed by atoms with Crippen LogP contribution in [0.5, 0.6) is 0 Å². The summed E-state index contributed by atoms with van der Waals surface area (Å²) < 4.78 is 6.87. The molecule has 154 valence electrons. The van der Waals surface area contributed by atoms with E-state index >= 15 is 0 Å². The van der Waals surface area contributed by atoms with Gasteiger partial charge in [-0.25, -0.2) is 0 Å². The molecule has 8 heteroatoms. The number of ether oxygens (including phenoxy) is 1. The van der Waals surface area contributed by atoms with Crippen molar-refractivity contribution in [3.63, 3.8) is 0 Å². The number of nitrogens with zero attached hydrogens (tertiary/aromatic N) is 3. The molecule has 7 nitrogen and oxygen atoms in total. The second-order valence-electron chi connectivity index (χ2n) is 6.85. The number of carbonyl (C=O) groups excluding carboxylic acids is 1. The fourth-order valence-corrected chi connectivity index (χ4v) is 4.02. The maximum Gasteiger partial charge on any atom is 0.283 e. The lowest BCUT2D eigenvalue weighted by molar-refractivity contribution is -0.114. The topological polar surface area (TPSA) is 99.6 Å². The van der Waals surface area contributed by atoms with Gasteiger partial charge in [0.15, 0.2) is 5.76 Å². The van der Waals surface area contributed by atoms with Crippen LogP contribution in [-0.2, 0) is 16.0 Å². The van der Waals surface area contributed by atoms with Gasteiger partial charge in [-0.15, -0.1) is 0 Å². The standard InChI is InChI=1S/C21H26N4O3S/c1-3-5-6-7-8-9-18-24-25-19(22)15(20(27)23-21(25)29-18)12-14-10-11-16(26)17(13-14)28-4-2/h10-13H,3-9,22H2,1-2H3/b14-12+. The maximum atomic E-state index is 12.5. The van der Waals surface area contributed by atoms with Gasteiger partial charge in [-0.2, -0.15) is 14.6 Å². The van der Waals surface area contributed by atoms with Crippen molar-refractivity contribution in [3.05, 3.63) is 50.5 Å². The summed E-state index contributed by atoms with van der Waals surface area (Å²) in [5.74, 6) is 0.288. The van der Waals surface area contributed by atoms with Crippen LogP contribution in [0.25, 0.3) is 11.0 Å². The molecule has 0 saturated heterocycles. The number of aromatic nitrogens is 3. The fraction of sp³-hybridized carbons (Fsp3) is 0.429. The lowest BCUT2D eigenvalue weighted by atomic mass is 10.0. The third-order valence-electron chi connectivity index (χ3n) is 4.61. The van der Waals surface area contributed by atoms with Gasteiger partial charge >= 0.3 is 0 Å². The van der Waals surface area contributed by atoms with E-state index in [1.165, 1.54) is 47.6 Å². The summed E-state index contributed by atoms with van der Waals surface area (Å²) >= 11 is 1.40. The predicted molar refractivity (Wildman–Crippen MR) is 116 cm³/mol. The molecule has 2 aromatic heterocycles. The summed E-state index contributed by atoms with van der Waals surface area (Å²) in [4.78, 5) is 29.0. The van der Waals surface area contributed by atoms with E-state index < -0.39 is 5.56 Å². The molecule has 0 spiro atoms. The van der Waals surface area contributed by atoms with Gasteiger partial charge in [0.2, 0.25) is 10.7 Å². The normalized spacial score (nSPS) is 15.3. The van der Waals surface area contributed by atoms with Crippen molar-refractivity contribution in [2.24, 2.45) is 0 Å². The lowest BCUT2D eigenvalue weighted by Gasteiger charge is -2.10. The summed E-state index contributed by atoms with van der Waals surface area (Å²) in [6, 6.07) is 0. The van der Waals surface area contributed by atoms with Crippen LogP contribution in [0.4, 0.5) is 5.82 Å². The molecule has 2 heterocycles. The van der Waals surface area contributed by atoms with Crippen LogP contribution in [0.15, 0.2) is 34.4 Å². The number of carbonyl (C=O) groups is 1. The number of allylic oxidation sites excluding steroid dienone is 4. The molecule has 0 amide bonds. The molecule has 0 radical (unpaired) electrons. The van der Waals surface area contributed by atoms with Crippen molar-refractivity contribution >= 4 is 34.0 Å². The number of anilines is 1. The van der Waals surface area contributed by atoms with E-state index in [2.05, 4.69) is 17.0 Å². The van der Waals surface area contributed by atoms with Crippen molar-refractivity contribution in [2.75, 3.05) is 12.3 Å². The molecular weight excluding hydrogens is 388 g/mol. The third kappa shape index (κ3) is 5.00. The number of unbranched alkanes of at least 4 members (excludes halogenated alkanes) is 4. The zero-order chi connectivity index (χ0) is 20.8. The Kier molecular flexibility index (Phi) is 6.98. The van der Waals surface area contributed by atoms with E-state index in [9.17, 15) is 9.59 Å². The van der Waals surface area contributed by atoms with Gasteiger partial charge in [0.05, 0.1) is 12.2 Å². The molecule has 3 rings (SSSR count). The molecule has 29 heavy (non-hydrogen) atoms. The van der Waals surface area contributed by atoms with Crippen molar-refractivity contribution in [2.45, 2.75) is 52.4 Å². The smallest absolute Gasteiger partial charge is 0.283 e. The van der Waals surface area contributed by atoms with Gasteiger partial charge in [0, 0.05) is 6.42 Å². The molecule has 2 aromatic rings. The van der Waals surface area contributed by atoms with Crippen molar-refractivity contribution in [1.82, 2.24) is 14.6 Å². The van der Waals surface area contributed by atoms with Gasteiger partial charge in [0.25, 0.3) is 5.56 Å². The number of fused-ring (bicyclic) bond motifs is 1. The quantitative estimate of drug-likeness (QED) is 0.628. The molecule has 0 fully saturated rings. The Hall–Kier alpha value is -2.74. The van der Waals surface area contributed by atoms with Crippen LogP contribution in [0.2, 0.25) is 0 Å². The Morgan fingerprint density at radius 1 is 1.17 bits per heavy atom. The van der Waals surface area contributed by atoms with Gasteiger partial charge in [-0.05, 0) is 37.1 Å². The van der Waals surface area contributed by atoms with Crippen molar-refractivity contribution in [3.8, 4) is 0 Å². The summed E-state index contributed by atoms with van der Waals surface area (Å²) in [7, 11) is 0. The van der Waals surface area contributed by atoms with E-state index in [1.807, 2.05) is 6.92 Å². The number of ketones is 1. The number of hydrogen-bond donors (Lipinski definition) is 1. The second kappa shape index (κ2) is 9.65. The molecule has 0 saturated carbocycles. The van der Waals surface area contributed by atoms with E-state index in [0.29, 0.717) is 17.1 Å². The van der Waals surface area contributed by atoms with Gasteiger partial charge in [-0.3, -0.25) is 9.59 Å². The highest BCUT2D eigenvalue weighted by atomic mass is 32.1. The molecule has 0 atom stereocenters. The predicted octanol–water partition coefficient (Wildman–Crippen LogP) is 3.69. The number of rotatable bonds is 9. The minimum atomic E-state index is -0.412. The highest BCUT2D eigenvalue weighted by molar-refractivity contribution is 7.16. The molecule has 1 aliphatic carbocycles. The largest absolute Gasteiger partial charge is 0.490 e. The average Bonchev–Trinajstić information content (AvgIpc) is 3.10. The number of nitrogens with two attached hydrogens (primary N) is 1. The fourth-order valence-electron chi connectivity index (χ4n) is 3.09. The van der Waals surface area contributed by atoms with Crippen LogP contribution in [0, 0.1) is 0 Å². The molecule has 2 N–H and O–H groups in total. The lowest BCUT2D eigenvalue weighted by Crippen LogP contribution is -2.17. The highest BCUT2D eigenvalue weighted by Gasteiger charge is 2.16. The number of nitrogen functional groups attached to an aromatic ring is 1. The number of aryl methyl sites for hydroxylation is 1. The highest BCUT2D eigenvalue weighted by Crippen LogP contribution is 2.22. The molecule has 0 aliphatic heterocycles. The Morgan fingerprint density at radius 2 is 1.97 bits per heavy atom. The molecule has 0 aromatic carbocycles. The van der Waals surface area contributed by atoms with E-state index in [4.69, 9.17) is 10.5 Å². The first-order valence-electron chi connectivity index (χ1n) is 10.00. The Bertz CT molecular complexity index is 1050. The van der Waals surface area contributed by atoms with Crippen molar-refractivity contribution < 1.29 is 9.53 Å². The van der Waals surface area contributed by atoms with E-state index in [1.54, 1.807) is 18.2 Å². The third-order valence-corrected chi connectivity index (χ3v) is 5.57. The monoisotopic (exact) mass is 414 g/mol. The van der Waals surface area contributed by atoms with Gasteiger partial charge < -0.3 is 10.5 Å². The van der Waals surface area contributed by atoms with Crippen LogP contribution in [0.1, 0.15) is 56.5 Å². The SMILES string of the molecule is CCCCCCCc1nn2c(N)c(/C=C3\C=CC(=O)C(OCC)=C3)c(=O)nc2s1. The van der Waals surface area contributed by atoms with E-state index in [0.717, 1.165) is 17.8 Å². The Morgan fingerprint density at radius 3 is 2.72 bits per heavy atom. The zero-order valence-electron chi connectivity index (χ0n) is 16.8. The summed E-state index contributed by atoms with van der Waals surface area (Å²) in [5, 5.41) is 5.47. The minimum Gasteiger partial charge on any atom is -0.490 e. The van der Waals surface area contributed by atoms with Crippen molar-refractivity contribution in [1.29, 1.82) is 0 Å². The summed E-state index contributed by atoms with van der Waals surface area (Å²) in [5.41, 5.74) is 6.73. The van der Waals surface area contributed by atoms with Gasteiger partial charge in [0.1, 0.15) is 10.8 Å². The second-order valence-corrected chi connectivity index (χ2v) is 7.89. The first kappa shape index (κ1) is 21.0. The Balaban J connectivity index is 1.87. The zero-order valence-corrected chi connectivity index (χ0v) is 17.6. The van der Waals surface area contributed by atoms with Crippen LogP contribution >= 0.6 is 11.3 Å². The number of hydrogen-bond acceptors (Lipinski definition) is 7. The Labute approximate surface area is 173 Å². The van der Waals surface area contributed by atoms with Crippen LogP contribution < -0.4 is 11.3 Å². The molecule has 1 aliphatic rings. The molecule has 0 unspecified atom stereocenters. The van der Waals surface area contributed by atoms with Gasteiger partial charge in [-0.1, -0.05) is 50.0 Å². The van der Waals surface area contributed by atoms with Crippen LogP contribution in [-0.4, -0.2) is 27.0 Å². The molecular formula is C21H26N4O3S. The van der Waals surface area contributed by atoms with E-state index in [-0.39, 0.29) is 22.9 Å². The maximum absolute atomic E-state index is 12.5. The summed E-state index contributed by atoms with van der Waals surface area (Å²) in [6.45, 7) is 4.39. The van der Waals surface area contributed by atoms with Crippen LogP contribution in [0.3, 0.4) is 0 Å². The minimum absolute atomic E-state index is 0.203. The molecule has 0 bridgehead atoms. The average molecular weight is 415 g/mol.